The molecule has 1 aliphatic heterocycles. The van der Waals surface area contributed by atoms with Crippen LogP contribution in [-0.4, -0.2) is 30.7 Å². The minimum Gasteiger partial charge on any atom is -0.377 e. The molecule has 18 heavy (non-hydrogen) atoms. The second kappa shape index (κ2) is 6.88. The first-order valence-corrected chi connectivity index (χ1v) is 6.93. The molecule has 0 spiro atoms. The maximum Gasteiger partial charge on any atom is 0.0702 e. The molecule has 1 aromatic carbocycles. The van der Waals surface area contributed by atoms with E-state index in [0.717, 1.165) is 26.2 Å². The Bertz CT molecular complexity index is 361. The van der Waals surface area contributed by atoms with Crippen LogP contribution < -0.4 is 5.73 Å². The Balaban J connectivity index is 1.91. The predicted molar refractivity (Wildman–Crippen MR) is 74.3 cm³/mol. The summed E-state index contributed by atoms with van der Waals surface area (Å²) in [7, 11) is 0. The van der Waals surface area contributed by atoms with Gasteiger partial charge in [-0.25, -0.2) is 0 Å². The molecule has 2 rings (SSSR count). The summed E-state index contributed by atoms with van der Waals surface area (Å²) in [4.78, 5) is 2.45. The highest BCUT2D eigenvalue weighted by molar-refractivity contribution is 5.23. The van der Waals surface area contributed by atoms with Gasteiger partial charge in [0, 0.05) is 26.2 Å². The number of benzene rings is 1. The van der Waals surface area contributed by atoms with E-state index in [2.05, 4.69) is 36.1 Å². The van der Waals surface area contributed by atoms with Crippen molar-refractivity contribution in [2.75, 3.05) is 19.7 Å². The maximum atomic E-state index is 5.71. The van der Waals surface area contributed by atoms with Gasteiger partial charge in [-0.15, -0.1) is 0 Å². The molecule has 1 aliphatic rings. The smallest absolute Gasteiger partial charge is 0.0702 e. The Morgan fingerprint density at radius 1 is 1.39 bits per heavy atom. The van der Waals surface area contributed by atoms with Crippen LogP contribution >= 0.6 is 0 Å². The third-order valence-corrected chi connectivity index (χ3v) is 3.57. The van der Waals surface area contributed by atoms with Gasteiger partial charge in [-0.2, -0.15) is 0 Å². The monoisotopic (exact) mass is 248 g/mol. The number of ether oxygens (including phenoxy) is 1. The van der Waals surface area contributed by atoms with Crippen molar-refractivity contribution >= 4 is 0 Å². The third kappa shape index (κ3) is 3.80. The van der Waals surface area contributed by atoms with Crippen molar-refractivity contribution in [3.8, 4) is 0 Å². The Labute approximate surface area is 110 Å². The van der Waals surface area contributed by atoms with Crippen LogP contribution in [-0.2, 0) is 17.8 Å². The number of nitrogens with two attached hydrogens (primary N) is 1. The van der Waals surface area contributed by atoms with E-state index in [4.69, 9.17) is 10.5 Å². The van der Waals surface area contributed by atoms with Crippen molar-refractivity contribution in [3.63, 3.8) is 0 Å². The van der Waals surface area contributed by atoms with Gasteiger partial charge >= 0.3 is 0 Å². The average molecular weight is 248 g/mol. The first kappa shape index (κ1) is 13.5. The highest BCUT2D eigenvalue weighted by Crippen LogP contribution is 2.15. The van der Waals surface area contributed by atoms with Crippen molar-refractivity contribution in [2.45, 2.75) is 39.0 Å². The van der Waals surface area contributed by atoms with Gasteiger partial charge in [0.05, 0.1) is 6.10 Å². The lowest BCUT2D eigenvalue weighted by Gasteiger charge is -2.23. The zero-order valence-electron chi connectivity index (χ0n) is 11.3. The fourth-order valence-corrected chi connectivity index (χ4v) is 2.49. The van der Waals surface area contributed by atoms with E-state index in [1.807, 2.05) is 0 Å². The molecular formula is C15H24N2O. The van der Waals surface area contributed by atoms with Crippen molar-refractivity contribution in [2.24, 2.45) is 5.73 Å². The van der Waals surface area contributed by atoms with Gasteiger partial charge in [-0.3, -0.25) is 4.90 Å². The normalized spacial score (nSPS) is 19.6. The molecule has 0 aliphatic carbocycles. The summed E-state index contributed by atoms with van der Waals surface area (Å²) in [5, 5.41) is 0. The molecule has 1 heterocycles. The highest BCUT2D eigenvalue weighted by Gasteiger charge is 2.18. The fraction of sp³-hybridized carbons (Fsp3) is 0.600. The molecule has 100 valence electrons. The molecular weight excluding hydrogens is 224 g/mol. The largest absolute Gasteiger partial charge is 0.377 e. The summed E-state index contributed by atoms with van der Waals surface area (Å²) in [5.74, 6) is 0. The van der Waals surface area contributed by atoms with Gasteiger partial charge in [-0.05, 0) is 30.5 Å². The molecule has 0 amide bonds. The van der Waals surface area contributed by atoms with E-state index in [0.29, 0.717) is 12.6 Å². The van der Waals surface area contributed by atoms with Gasteiger partial charge < -0.3 is 10.5 Å². The van der Waals surface area contributed by atoms with E-state index >= 15 is 0 Å². The van der Waals surface area contributed by atoms with Crippen LogP contribution in [0.1, 0.15) is 30.9 Å². The van der Waals surface area contributed by atoms with Gasteiger partial charge in [0.15, 0.2) is 0 Å². The van der Waals surface area contributed by atoms with Crippen molar-refractivity contribution in [1.29, 1.82) is 0 Å². The van der Waals surface area contributed by atoms with Gasteiger partial charge in [-0.1, -0.05) is 31.2 Å². The van der Waals surface area contributed by atoms with Crippen LogP contribution in [0.5, 0.6) is 0 Å². The predicted octanol–water partition coefficient (Wildman–Crippen LogP) is 2.15. The number of likely N-dealkylation sites (N-methyl/N-ethyl adjacent to an activating group) is 1. The standard InChI is InChI=1S/C15H24N2O/c1-2-17(12-15-7-4-8-18-15)11-14-6-3-5-13(9-14)10-16/h3,5-6,9,15H,2,4,7-8,10-12,16H2,1H3. The highest BCUT2D eigenvalue weighted by atomic mass is 16.5. The minimum atomic E-state index is 0.433. The SMILES string of the molecule is CCN(Cc1cccc(CN)c1)CC1CCCO1. The number of hydrogen-bond acceptors (Lipinski definition) is 3. The van der Waals surface area contributed by atoms with E-state index in [1.54, 1.807) is 0 Å². The Kier molecular flexibility index (Phi) is 5.17. The van der Waals surface area contributed by atoms with Crippen LogP contribution in [0.3, 0.4) is 0 Å². The third-order valence-electron chi connectivity index (χ3n) is 3.57. The molecule has 1 fully saturated rings. The summed E-state index contributed by atoms with van der Waals surface area (Å²) >= 11 is 0. The maximum absolute atomic E-state index is 5.71. The van der Waals surface area contributed by atoms with Crippen LogP contribution in [0.4, 0.5) is 0 Å². The Morgan fingerprint density at radius 3 is 2.89 bits per heavy atom. The fourth-order valence-electron chi connectivity index (χ4n) is 2.49. The van der Waals surface area contributed by atoms with Crippen molar-refractivity contribution < 1.29 is 4.74 Å². The second-order valence-corrected chi connectivity index (χ2v) is 4.99. The number of rotatable bonds is 6. The molecule has 3 heteroatoms. The second-order valence-electron chi connectivity index (χ2n) is 4.99. The molecule has 1 atom stereocenters. The van der Waals surface area contributed by atoms with Crippen LogP contribution in [0.25, 0.3) is 0 Å². The Morgan fingerprint density at radius 2 is 2.22 bits per heavy atom. The summed E-state index contributed by atoms with van der Waals surface area (Å²) in [6.45, 7) is 6.86. The summed E-state index contributed by atoms with van der Waals surface area (Å²) in [6, 6.07) is 8.56. The van der Waals surface area contributed by atoms with Gasteiger partial charge in [0.25, 0.3) is 0 Å². The van der Waals surface area contributed by atoms with Crippen molar-refractivity contribution in [3.05, 3.63) is 35.4 Å². The summed E-state index contributed by atoms with van der Waals surface area (Å²) < 4.78 is 5.71. The molecule has 0 saturated carbocycles. The topological polar surface area (TPSA) is 38.5 Å². The first-order valence-electron chi connectivity index (χ1n) is 6.93. The molecule has 1 aromatic rings. The minimum absolute atomic E-state index is 0.433. The zero-order chi connectivity index (χ0) is 12.8. The molecule has 2 N–H and O–H groups in total. The van der Waals surface area contributed by atoms with E-state index < -0.39 is 0 Å². The average Bonchev–Trinajstić information content (AvgIpc) is 2.91. The van der Waals surface area contributed by atoms with Crippen LogP contribution in [0.2, 0.25) is 0 Å². The van der Waals surface area contributed by atoms with Gasteiger partial charge in [0.2, 0.25) is 0 Å². The van der Waals surface area contributed by atoms with Gasteiger partial charge in [0.1, 0.15) is 0 Å². The quantitative estimate of drug-likeness (QED) is 0.838. The number of nitrogens with zero attached hydrogens (tertiary/aromatic N) is 1. The van der Waals surface area contributed by atoms with E-state index in [9.17, 15) is 0 Å². The molecule has 1 saturated heterocycles. The lowest BCUT2D eigenvalue weighted by Crippen LogP contribution is -2.31. The lowest BCUT2D eigenvalue weighted by molar-refractivity contribution is 0.0725. The molecule has 0 aromatic heterocycles. The zero-order valence-corrected chi connectivity index (χ0v) is 11.3. The lowest BCUT2D eigenvalue weighted by atomic mass is 10.1. The van der Waals surface area contributed by atoms with Crippen LogP contribution in [0.15, 0.2) is 24.3 Å². The molecule has 3 nitrogen and oxygen atoms in total. The van der Waals surface area contributed by atoms with Crippen LogP contribution in [0, 0.1) is 0 Å². The molecule has 0 radical (unpaired) electrons. The molecule has 1 unspecified atom stereocenters. The molecule has 0 bridgehead atoms. The summed E-state index contributed by atoms with van der Waals surface area (Å²) in [6.07, 6.45) is 2.85. The first-order chi connectivity index (χ1) is 8.81. The Hall–Kier alpha value is -0.900. The summed E-state index contributed by atoms with van der Waals surface area (Å²) in [5.41, 5.74) is 8.23. The van der Waals surface area contributed by atoms with E-state index in [-0.39, 0.29) is 0 Å². The van der Waals surface area contributed by atoms with Crippen molar-refractivity contribution in [1.82, 2.24) is 4.90 Å². The number of hydrogen-bond donors (Lipinski definition) is 1. The van der Waals surface area contributed by atoms with E-state index in [1.165, 1.54) is 24.0 Å².